The monoisotopic (exact) mass is 473 g/mol. The van der Waals surface area contributed by atoms with Crippen molar-refractivity contribution in [3.05, 3.63) is 71.3 Å². The van der Waals surface area contributed by atoms with Crippen molar-refractivity contribution in [2.24, 2.45) is 5.92 Å². The van der Waals surface area contributed by atoms with E-state index in [0.29, 0.717) is 19.0 Å². The molecule has 0 aliphatic carbocycles. The van der Waals surface area contributed by atoms with E-state index in [9.17, 15) is 4.79 Å². The number of aromatic nitrogens is 4. The maximum Gasteiger partial charge on any atom is 0.227 e. The van der Waals surface area contributed by atoms with Crippen LogP contribution in [-0.4, -0.2) is 61.6 Å². The van der Waals surface area contributed by atoms with E-state index in [1.807, 2.05) is 34.1 Å². The zero-order valence-electron chi connectivity index (χ0n) is 20.9. The van der Waals surface area contributed by atoms with Gasteiger partial charge in [-0.3, -0.25) is 9.48 Å². The fourth-order valence-corrected chi connectivity index (χ4v) is 5.38. The lowest BCUT2D eigenvalue weighted by Crippen LogP contribution is -2.50. The lowest BCUT2D eigenvalue weighted by molar-refractivity contribution is -0.141. The lowest BCUT2D eigenvalue weighted by atomic mass is 9.79. The van der Waals surface area contributed by atoms with Gasteiger partial charge in [-0.25, -0.2) is 9.97 Å². The molecule has 35 heavy (non-hydrogen) atoms. The van der Waals surface area contributed by atoms with Crippen LogP contribution in [0.1, 0.15) is 48.7 Å². The van der Waals surface area contributed by atoms with Gasteiger partial charge in [0.15, 0.2) is 0 Å². The summed E-state index contributed by atoms with van der Waals surface area (Å²) in [5.74, 6) is 1.04. The summed E-state index contributed by atoms with van der Waals surface area (Å²) in [5, 5.41) is 7.80. The highest BCUT2D eigenvalue weighted by Crippen LogP contribution is 2.35. The van der Waals surface area contributed by atoms with E-state index >= 15 is 0 Å². The Morgan fingerprint density at radius 3 is 2.80 bits per heavy atom. The van der Waals surface area contributed by atoms with Crippen LogP contribution in [0.2, 0.25) is 0 Å². The summed E-state index contributed by atoms with van der Waals surface area (Å²) in [5.41, 5.74) is 4.28. The van der Waals surface area contributed by atoms with Gasteiger partial charge in [0.25, 0.3) is 0 Å². The smallest absolute Gasteiger partial charge is 0.227 e. The summed E-state index contributed by atoms with van der Waals surface area (Å²) in [7, 11) is 2.15. The lowest BCUT2D eigenvalue weighted by Gasteiger charge is -2.42. The third-order valence-corrected chi connectivity index (χ3v) is 7.41. The summed E-state index contributed by atoms with van der Waals surface area (Å²) >= 11 is 0. The number of fused-ring (bicyclic) bond motifs is 1. The van der Waals surface area contributed by atoms with E-state index in [1.54, 1.807) is 0 Å². The number of hydrogen-bond donors (Lipinski definition) is 1. The highest BCUT2D eigenvalue weighted by molar-refractivity contribution is 5.80. The minimum absolute atomic E-state index is 0.00860. The molecular formula is C27H35N7O. The number of nitrogens with one attached hydrogen (secondary N) is 1. The molecule has 5 rings (SSSR count). The number of benzene rings is 1. The summed E-state index contributed by atoms with van der Waals surface area (Å²) < 4.78 is 1.90. The molecule has 1 saturated heterocycles. The van der Waals surface area contributed by atoms with Gasteiger partial charge in [-0.2, -0.15) is 5.10 Å². The number of anilines is 1. The predicted molar refractivity (Wildman–Crippen MR) is 136 cm³/mol. The zero-order valence-corrected chi connectivity index (χ0v) is 20.9. The number of rotatable bonds is 6. The van der Waals surface area contributed by atoms with E-state index in [2.05, 4.69) is 65.5 Å². The molecule has 1 aromatic carbocycles. The third kappa shape index (κ3) is 5.07. The Morgan fingerprint density at radius 1 is 1.20 bits per heavy atom. The number of piperidine rings is 1. The van der Waals surface area contributed by atoms with Crippen LogP contribution in [0, 0.1) is 5.92 Å². The van der Waals surface area contributed by atoms with Crippen LogP contribution < -0.4 is 5.32 Å². The number of aryl methyl sites for hydroxylation is 1. The standard InChI is InChI=1S/C27H35N7O/c1-4-33-13-10-22(31-33)16-29-27-28-15-21-14-19(2)34(18-25(21)30-27)26(35)23-11-12-32(3)17-24(23)20-8-6-5-7-9-20/h5-10,13,15,19,23-24H,4,11-12,14,16-18H2,1-3H3,(H,28,29,30)/t19-,23+,24-/m1/s1. The van der Waals surface area contributed by atoms with Gasteiger partial charge >= 0.3 is 0 Å². The number of likely N-dealkylation sites (N-methyl/N-ethyl adjacent to an activating group) is 1. The molecule has 1 amide bonds. The summed E-state index contributed by atoms with van der Waals surface area (Å²) in [6.07, 6.45) is 5.55. The molecule has 2 aliphatic heterocycles. The number of carbonyl (C=O) groups is 1. The van der Waals surface area contributed by atoms with Crippen LogP contribution in [0.15, 0.2) is 48.8 Å². The first-order valence-corrected chi connectivity index (χ1v) is 12.7. The second kappa shape index (κ2) is 10.2. The van der Waals surface area contributed by atoms with Gasteiger partial charge in [-0.15, -0.1) is 0 Å². The Bertz CT molecular complexity index is 1160. The Balaban J connectivity index is 1.31. The Kier molecular flexibility index (Phi) is 6.81. The SMILES string of the molecule is CCn1ccc(CNc2ncc3c(n2)CN(C(=O)[C@H]2CCN(C)C[C@@H]2c2ccccc2)[C@H](C)C3)n1. The Labute approximate surface area is 207 Å². The van der Waals surface area contributed by atoms with Crippen LogP contribution in [-0.2, 0) is 30.8 Å². The molecule has 4 heterocycles. The van der Waals surface area contributed by atoms with Crippen LogP contribution in [0.25, 0.3) is 0 Å². The van der Waals surface area contributed by atoms with E-state index in [-0.39, 0.29) is 23.8 Å². The first kappa shape index (κ1) is 23.5. The van der Waals surface area contributed by atoms with E-state index < -0.39 is 0 Å². The van der Waals surface area contributed by atoms with Crippen molar-refractivity contribution in [1.29, 1.82) is 0 Å². The molecule has 8 nitrogen and oxygen atoms in total. The highest BCUT2D eigenvalue weighted by atomic mass is 16.2. The number of nitrogens with zero attached hydrogens (tertiary/aromatic N) is 6. The second-order valence-electron chi connectivity index (χ2n) is 9.88. The van der Waals surface area contributed by atoms with Gasteiger partial charge in [0.2, 0.25) is 11.9 Å². The first-order valence-electron chi connectivity index (χ1n) is 12.7. The van der Waals surface area contributed by atoms with Gasteiger partial charge in [0, 0.05) is 43.4 Å². The maximum absolute atomic E-state index is 13.9. The molecule has 0 unspecified atom stereocenters. The summed E-state index contributed by atoms with van der Waals surface area (Å²) in [6.45, 7) is 8.01. The fraction of sp³-hybridized carbons (Fsp3) is 0.481. The van der Waals surface area contributed by atoms with Crippen molar-refractivity contribution in [3.8, 4) is 0 Å². The molecule has 0 bridgehead atoms. The minimum Gasteiger partial charge on any atom is -0.348 e. The molecule has 0 spiro atoms. The van der Waals surface area contributed by atoms with Crippen molar-refractivity contribution in [3.63, 3.8) is 0 Å². The highest BCUT2D eigenvalue weighted by Gasteiger charge is 2.39. The van der Waals surface area contributed by atoms with E-state index in [0.717, 1.165) is 49.4 Å². The molecule has 0 radical (unpaired) electrons. The summed E-state index contributed by atoms with van der Waals surface area (Å²) in [6, 6.07) is 12.6. The number of carbonyl (C=O) groups excluding carboxylic acids is 1. The average molecular weight is 474 g/mol. The second-order valence-corrected chi connectivity index (χ2v) is 9.88. The molecule has 1 fully saturated rings. The van der Waals surface area contributed by atoms with E-state index in [4.69, 9.17) is 4.98 Å². The van der Waals surface area contributed by atoms with Gasteiger partial charge in [-0.1, -0.05) is 30.3 Å². The average Bonchev–Trinajstić information content (AvgIpc) is 3.35. The molecule has 3 atom stereocenters. The van der Waals surface area contributed by atoms with Gasteiger partial charge in [0.05, 0.1) is 24.5 Å². The molecule has 0 saturated carbocycles. The molecule has 184 valence electrons. The quantitative estimate of drug-likeness (QED) is 0.592. The van der Waals surface area contributed by atoms with Gasteiger partial charge < -0.3 is 15.1 Å². The van der Waals surface area contributed by atoms with Gasteiger partial charge in [0.1, 0.15) is 0 Å². The van der Waals surface area contributed by atoms with Crippen LogP contribution in [0.5, 0.6) is 0 Å². The van der Waals surface area contributed by atoms with Crippen molar-refractivity contribution < 1.29 is 4.79 Å². The number of amides is 1. The minimum atomic E-state index is -0.00860. The topological polar surface area (TPSA) is 79.2 Å². The molecular weight excluding hydrogens is 438 g/mol. The predicted octanol–water partition coefficient (Wildman–Crippen LogP) is 3.31. The summed E-state index contributed by atoms with van der Waals surface area (Å²) in [4.78, 5) is 27.6. The van der Waals surface area contributed by atoms with Crippen LogP contribution in [0.3, 0.4) is 0 Å². The Morgan fingerprint density at radius 2 is 2.03 bits per heavy atom. The van der Waals surface area contributed by atoms with Crippen molar-refractivity contribution in [1.82, 2.24) is 29.5 Å². The fourth-order valence-electron chi connectivity index (χ4n) is 5.38. The van der Waals surface area contributed by atoms with Crippen molar-refractivity contribution in [2.75, 3.05) is 25.5 Å². The zero-order chi connectivity index (χ0) is 24.4. The Hall–Kier alpha value is -3.26. The van der Waals surface area contributed by atoms with Gasteiger partial charge in [-0.05, 0) is 57.5 Å². The normalized spacial score (nSPS) is 22.6. The third-order valence-electron chi connectivity index (χ3n) is 7.41. The first-order chi connectivity index (χ1) is 17.0. The van der Waals surface area contributed by atoms with E-state index in [1.165, 1.54) is 5.56 Å². The van der Waals surface area contributed by atoms with Crippen LogP contribution in [0.4, 0.5) is 5.95 Å². The number of hydrogen-bond acceptors (Lipinski definition) is 6. The number of likely N-dealkylation sites (tertiary alicyclic amines) is 1. The molecule has 2 aliphatic rings. The van der Waals surface area contributed by atoms with Crippen LogP contribution >= 0.6 is 0 Å². The molecule has 8 heteroatoms. The maximum atomic E-state index is 13.9. The molecule has 1 N–H and O–H groups in total. The van der Waals surface area contributed by atoms with Crippen molar-refractivity contribution in [2.45, 2.75) is 58.3 Å². The van der Waals surface area contributed by atoms with Crippen molar-refractivity contribution >= 4 is 11.9 Å². The largest absolute Gasteiger partial charge is 0.348 e. The molecule has 3 aromatic rings. The molecule has 2 aromatic heterocycles.